The second-order valence-corrected chi connectivity index (χ2v) is 8.86. The van der Waals surface area contributed by atoms with Gasteiger partial charge in [-0.1, -0.05) is 6.92 Å². The van der Waals surface area contributed by atoms with E-state index in [-0.39, 0.29) is 17.2 Å². The van der Waals surface area contributed by atoms with Crippen molar-refractivity contribution < 1.29 is 9.53 Å². The first-order valence-corrected chi connectivity index (χ1v) is 11.1. The molecule has 8 nitrogen and oxygen atoms in total. The highest BCUT2D eigenvalue weighted by atomic mass is 16.5. The molecular formula is C22H32N6O2. The van der Waals surface area contributed by atoms with Gasteiger partial charge in [-0.25, -0.2) is 9.97 Å². The summed E-state index contributed by atoms with van der Waals surface area (Å²) in [5, 5.41) is 6.14. The fourth-order valence-corrected chi connectivity index (χ4v) is 4.16. The van der Waals surface area contributed by atoms with E-state index in [1.807, 2.05) is 6.07 Å². The molecule has 0 aliphatic carbocycles. The molecule has 4 heterocycles. The fourth-order valence-electron chi connectivity index (χ4n) is 4.16. The van der Waals surface area contributed by atoms with Crippen molar-refractivity contribution in [1.29, 1.82) is 0 Å². The zero-order valence-corrected chi connectivity index (χ0v) is 17.8. The Balaban J connectivity index is 1.38. The number of carbonyl (C=O) groups is 1. The molecule has 0 bridgehead atoms. The molecule has 3 aliphatic heterocycles. The van der Waals surface area contributed by atoms with E-state index in [1.165, 1.54) is 5.71 Å². The highest BCUT2D eigenvalue weighted by molar-refractivity contribution is 6.13. The Hall–Kier alpha value is -2.19. The summed E-state index contributed by atoms with van der Waals surface area (Å²) in [5.74, 6) is 0.310. The van der Waals surface area contributed by atoms with Gasteiger partial charge in [-0.15, -0.1) is 0 Å². The fraction of sp³-hybridized carbons (Fsp3) is 0.682. The number of nitrogens with one attached hydrogen (secondary N) is 2. The Morgan fingerprint density at radius 1 is 1.40 bits per heavy atom. The number of nitrogens with zero attached hydrogens (tertiary/aromatic N) is 4. The van der Waals surface area contributed by atoms with Gasteiger partial charge in [0.25, 0.3) is 0 Å². The lowest BCUT2D eigenvalue weighted by Crippen LogP contribution is -2.37. The van der Waals surface area contributed by atoms with E-state index < -0.39 is 0 Å². The topological polar surface area (TPSA) is 101 Å². The lowest BCUT2D eigenvalue weighted by Gasteiger charge is -2.32. The van der Waals surface area contributed by atoms with Crippen molar-refractivity contribution in [3.05, 3.63) is 18.0 Å². The lowest BCUT2D eigenvalue weighted by atomic mass is 9.82. The van der Waals surface area contributed by atoms with E-state index in [1.54, 1.807) is 6.20 Å². The van der Waals surface area contributed by atoms with Crippen LogP contribution in [-0.4, -0.2) is 66.7 Å². The second kappa shape index (κ2) is 9.75. The molecule has 1 atom stereocenters. The highest BCUT2D eigenvalue weighted by Crippen LogP contribution is 2.30. The van der Waals surface area contributed by atoms with Crippen molar-refractivity contribution in [3.8, 4) is 0 Å². The Bertz CT molecular complexity index is 810. The maximum Gasteiger partial charge on any atom is 0.231 e. The molecule has 2 fully saturated rings. The van der Waals surface area contributed by atoms with Gasteiger partial charge < -0.3 is 10.1 Å². The lowest BCUT2D eigenvalue weighted by molar-refractivity contribution is -0.120. The number of aliphatic imine (C=N–C) groups is 2. The summed E-state index contributed by atoms with van der Waals surface area (Å²) in [6, 6.07) is 1.86. The number of amides is 1. The maximum atomic E-state index is 12.5. The molecule has 1 aromatic rings. The van der Waals surface area contributed by atoms with Crippen LogP contribution in [0.4, 0.5) is 5.95 Å². The van der Waals surface area contributed by atoms with Crippen LogP contribution in [-0.2, 0) is 9.53 Å². The molecule has 1 unspecified atom stereocenters. The van der Waals surface area contributed by atoms with Gasteiger partial charge in [-0.3, -0.25) is 20.1 Å². The third-order valence-corrected chi connectivity index (χ3v) is 6.31. The molecule has 0 aromatic carbocycles. The molecule has 8 heteroatoms. The van der Waals surface area contributed by atoms with Crippen LogP contribution in [0.2, 0.25) is 0 Å². The van der Waals surface area contributed by atoms with Gasteiger partial charge in [0, 0.05) is 57.6 Å². The first-order chi connectivity index (χ1) is 14.6. The Labute approximate surface area is 178 Å². The molecule has 30 heavy (non-hydrogen) atoms. The molecule has 4 rings (SSSR count). The average molecular weight is 413 g/mol. The van der Waals surface area contributed by atoms with Crippen LogP contribution >= 0.6 is 0 Å². The summed E-state index contributed by atoms with van der Waals surface area (Å²) in [4.78, 5) is 30.9. The quantitative estimate of drug-likeness (QED) is 0.773. The minimum Gasteiger partial charge on any atom is -0.381 e. The Morgan fingerprint density at radius 3 is 3.07 bits per heavy atom. The van der Waals surface area contributed by atoms with Crippen molar-refractivity contribution in [3.63, 3.8) is 0 Å². The number of hydrogen-bond acceptors (Lipinski definition) is 7. The molecule has 2 saturated heterocycles. The van der Waals surface area contributed by atoms with Gasteiger partial charge in [-0.2, -0.15) is 0 Å². The largest absolute Gasteiger partial charge is 0.381 e. The summed E-state index contributed by atoms with van der Waals surface area (Å²) in [6.45, 7) is 7.24. The highest BCUT2D eigenvalue weighted by Gasteiger charge is 2.27. The predicted molar refractivity (Wildman–Crippen MR) is 117 cm³/mol. The summed E-state index contributed by atoms with van der Waals surface area (Å²) in [5.41, 5.74) is 3.12. The van der Waals surface area contributed by atoms with Crippen LogP contribution in [0.15, 0.2) is 22.2 Å². The zero-order valence-electron chi connectivity index (χ0n) is 17.8. The molecule has 0 radical (unpaired) electrons. The smallest absolute Gasteiger partial charge is 0.231 e. The minimum absolute atomic E-state index is 0.0168. The molecule has 1 aromatic heterocycles. The van der Waals surface area contributed by atoms with E-state index in [4.69, 9.17) is 9.73 Å². The van der Waals surface area contributed by atoms with E-state index in [0.717, 1.165) is 76.4 Å². The number of rotatable bonds is 5. The van der Waals surface area contributed by atoms with Crippen LogP contribution in [0.1, 0.15) is 51.1 Å². The number of carbonyl (C=O) groups excluding carboxylic acids is 1. The van der Waals surface area contributed by atoms with E-state index in [9.17, 15) is 4.79 Å². The van der Waals surface area contributed by atoms with E-state index in [0.29, 0.717) is 18.9 Å². The van der Waals surface area contributed by atoms with Crippen LogP contribution in [0.5, 0.6) is 0 Å². The SMILES string of the molecule is CC1(CN=C2CCN=C(c3ccnc(NC(=O)C4CCCNC4)n3)C2)CCOCC1. The zero-order chi connectivity index (χ0) is 20.8. The molecule has 2 N–H and O–H groups in total. The van der Waals surface area contributed by atoms with E-state index in [2.05, 4.69) is 32.5 Å². The van der Waals surface area contributed by atoms with Crippen LogP contribution in [0, 0.1) is 11.3 Å². The summed E-state index contributed by atoms with van der Waals surface area (Å²) in [6.07, 6.45) is 7.35. The van der Waals surface area contributed by atoms with Crippen molar-refractivity contribution in [1.82, 2.24) is 15.3 Å². The third kappa shape index (κ3) is 5.49. The van der Waals surface area contributed by atoms with Gasteiger partial charge in [0.1, 0.15) is 0 Å². The molecule has 3 aliphatic rings. The number of piperidine rings is 1. The van der Waals surface area contributed by atoms with Crippen LogP contribution < -0.4 is 10.6 Å². The van der Waals surface area contributed by atoms with Crippen molar-refractivity contribution >= 4 is 23.3 Å². The predicted octanol–water partition coefficient (Wildman–Crippen LogP) is 2.26. The summed E-state index contributed by atoms with van der Waals surface area (Å²) >= 11 is 0. The molecule has 0 spiro atoms. The van der Waals surface area contributed by atoms with Gasteiger partial charge in [0.05, 0.1) is 17.3 Å². The van der Waals surface area contributed by atoms with E-state index >= 15 is 0 Å². The molecular weight excluding hydrogens is 380 g/mol. The summed E-state index contributed by atoms with van der Waals surface area (Å²) < 4.78 is 5.49. The molecule has 162 valence electrons. The van der Waals surface area contributed by atoms with Crippen LogP contribution in [0.3, 0.4) is 0 Å². The average Bonchev–Trinajstić information content (AvgIpc) is 2.79. The Morgan fingerprint density at radius 2 is 2.27 bits per heavy atom. The van der Waals surface area contributed by atoms with Gasteiger partial charge in [0.15, 0.2) is 0 Å². The van der Waals surface area contributed by atoms with Gasteiger partial charge >= 0.3 is 0 Å². The monoisotopic (exact) mass is 412 g/mol. The van der Waals surface area contributed by atoms with Crippen molar-refractivity contribution in [2.75, 3.05) is 44.7 Å². The second-order valence-electron chi connectivity index (χ2n) is 8.86. The van der Waals surface area contributed by atoms with Gasteiger partial charge in [-0.05, 0) is 43.7 Å². The normalized spacial score (nSPS) is 25.6. The summed E-state index contributed by atoms with van der Waals surface area (Å²) in [7, 11) is 0. The first kappa shape index (κ1) is 21.1. The minimum atomic E-state index is -0.0247. The van der Waals surface area contributed by atoms with Gasteiger partial charge in [0.2, 0.25) is 11.9 Å². The van der Waals surface area contributed by atoms with Crippen molar-refractivity contribution in [2.45, 2.75) is 45.4 Å². The molecule has 1 amide bonds. The maximum absolute atomic E-state index is 12.5. The standard InChI is InChI=1S/C22H32N6O2/c1-22(6-11-30-12-7-22)15-26-17-4-9-24-19(13-17)18-5-10-25-21(27-18)28-20(29)16-3-2-8-23-14-16/h5,10,16,23H,2-4,6-9,11-15H2,1H3,(H,25,27,28,29). The third-order valence-electron chi connectivity index (χ3n) is 6.31. The number of aromatic nitrogens is 2. The molecule has 0 saturated carbocycles. The number of hydrogen-bond donors (Lipinski definition) is 2. The number of anilines is 1. The van der Waals surface area contributed by atoms with Crippen molar-refractivity contribution in [2.24, 2.45) is 21.3 Å². The number of ether oxygens (including phenoxy) is 1. The first-order valence-electron chi connectivity index (χ1n) is 11.1. The van der Waals surface area contributed by atoms with Crippen LogP contribution in [0.25, 0.3) is 0 Å². The Kier molecular flexibility index (Phi) is 6.84.